The predicted octanol–water partition coefficient (Wildman–Crippen LogP) is 5.53. The number of anilines is 1. The molecule has 2 saturated heterocycles. The van der Waals surface area contributed by atoms with E-state index in [-0.39, 0.29) is 16.0 Å². The Morgan fingerprint density at radius 3 is 2.38 bits per heavy atom. The summed E-state index contributed by atoms with van der Waals surface area (Å²) in [6.45, 7) is 9.08. The monoisotopic (exact) mass is 457 g/mol. The Kier molecular flexibility index (Phi) is 7.15. The molecular weight excluding hydrogens is 433 g/mol. The van der Waals surface area contributed by atoms with Crippen LogP contribution < -0.4 is 10.5 Å². The Morgan fingerprint density at radius 2 is 1.76 bits per heavy atom. The zero-order valence-corrected chi connectivity index (χ0v) is 19.2. The van der Waals surface area contributed by atoms with E-state index in [4.69, 9.17) is 39.5 Å². The molecule has 5 nitrogen and oxygen atoms in total. The Bertz CT molecular complexity index is 929. The minimum absolute atomic E-state index is 0.107. The molecule has 0 unspecified atom stereocenters. The highest BCUT2D eigenvalue weighted by Gasteiger charge is 2.38. The van der Waals surface area contributed by atoms with Crippen LogP contribution in [0.25, 0.3) is 5.69 Å². The number of rotatable bonds is 2. The number of benzene rings is 1. The fraction of sp³-hybridized carbons (Fsp3) is 0.524. The first kappa shape index (κ1) is 22.4. The minimum atomic E-state index is -0.340. The molecule has 0 atom stereocenters. The molecule has 1 spiro atoms. The predicted molar refractivity (Wildman–Crippen MR) is 120 cm³/mol. The van der Waals surface area contributed by atoms with E-state index in [9.17, 15) is 4.79 Å². The van der Waals surface area contributed by atoms with Crippen LogP contribution in [0.4, 0.5) is 5.82 Å². The lowest BCUT2D eigenvalue weighted by atomic mass is 9.78. The Labute approximate surface area is 186 Å². The van der Waals surface area contributed by atoms with Crippen LogP contribution in [0.2, 0.25) is 15.1 Å². The van der Waals surface area contributed by atoms with Gasteiger partial charge in [0.2, 0.25) is 0 Å². The Balaban J connectivity index is 0.00000117. The van der Waals surface area contributed by atoms with Gasteiger partial charge in [0.15, 0.2) is 5.82 Å². The van der Waals surface area contributed by atoms with Crippen molar-refractivity contribution in [1.82, 2.24) is 9.55 Å². The van der Waals surface area contributed by atoms with Crippen LogP contribution in [0.3, 0.4) is 0 Å². The first-order valence-corrected chi connectivity index (χ1v) is 11.1. The molecule has 0 bridgehead atoms. The maximum absolute atomic E-state index is 13.0. The largest absolute Gasteiger partial charge is 0.381 e. The number of halogens is 3. The lowest BCUT2D eigenvalue weighted by Gasteiger charge is -2.39. The molecule has 2 aliphatic heterocycles. The molecule has 4 rings (SSSR count). The van der Waals surface area contributed by atoms with Crippen molar-refractivity contribution in [1.29, 1.82) is 0 Å². The van der Waals surface area contributed by atoms with E-state index < -0.39 is 0 Å². The number of nitrogens with zero attached hydrogens (tertiary/aromatic N) is 3. The average molecular weight is 459 g/mol. The normalized spacial score (nSPS) is 17.9. The Morgan fingerprint density at radius 1 is 1.07 bits per heavy atom. The van der Waals surface area contributed by atoms with Crippen LogP contribution in [0, 0.1) is 12.3 Å². The van der Waals surface area contributed by atoms with E-state index in [1.807, 2.05) is 13.8 Å². The van der Waals surface area contributed by atoms with E-state index in [0.717, 1.165) is 45.6 Å². The van der Waals surface area contributed by atoms with E-state index in [1.165, 1.54) is 4.57 Å². The fourth-order valence-electron chi connectivity index (χ4n) is 3.99. The average Bonchev–Trinajstić information content (AvgIpc) is 3.18. The van der Waals surface area contributed by atoms with Gasteiger partial charge in [0, 0.05) is 19.7 Å². The van der Waals surface area contributed by atoms with Gasteiger partial charge in [0.25, 0.3) is 5.56 Å². The molecule has 2 aliphatic rings. The van der Waals surface area contributed by atoms with Gasteiger partial charge in [-0.25, -0.2) is 4.98 Å². The zero-order valence-electron chi connectivity index (χ0n) is 17.0. The number of hydrogen-bond acceptors (Lipinski definition) is 4. The van der Waals surface area contributed by atoms with Crippen LogP contribution in [0.15, 0.2) is 23.0 Å². The number of aromatic nitrogens is 2. The summed E-state index contributed by atoms with van der Waals surface area (Å²) in [7, 11) is 0. The first-order chi connectivity index (χ1) is 13.9. The van der Waals surface area contributed by atoms with Crippen molar-refractivity contribution >= 4 is 40.6 Å². The summed E-state index contributed by atoms with van der Waals surface area (Å²) in [5, 5.41) is 0.784. The second-order valence-electron chi connectivity index (χ2n) is 7.30. The molecular formula is C21H26Cl3N3O2. The van der Waals surface area contributed by atoms with Gasteiger partial charge in [0.1, 0.15) is 10.8 Å². The van der Waals surface area contributed by atoms with Gasteiger partial charge in [-0.05, 0) is 43.7 Å². The van der Waals surface area contributed by atoms with Crippen LogP contribution >= 0.6 is 34.8 Å². The first-order valence-electron chi connectivity index (χ1n) is 9.98. The van der Waals surface area contributed by atoms with Gasteiger partial charge < -0.3 is 9.64 Å². The van der Waals surface area contributed by atoms with E-state index >= 15 is 0 Å². The molecule has 0 amide bonds. The summed E-state index contributed by atoms with van der Waals surface area (Å²) in [5.41, 5.74) is 0.419. The van der Waals surface area contributed by atoms with Crippen LogP contribution in [-0.2, 0) is 4.74 Å². The fourth-order valence-corrected chi connectivity index (χ4v) is 4.61. The molecule has 0 N–H and O–H groups in total. The van der Waals surface area contributed by atoms with Crippen molar-refractivity contribution in [2.24, 2.45) is 5.41 Å². The lowest BCUT2D eigenvalue weighted by Crippen LogP contribution is -2.42. The highest BCUT2D eigenvalue weighted by Crippen LogP contribution is 2.40. The van der Waals surface area contributed by atoms with Crippen molar-refractivity contribution < 1.29 is 4.74 Å². The SMILES string of the molecule is CC.Cc1nc(N2CCC3(CCOC3)CC2)c(Cl)c(=O)n1-c1cccc(Cl)c1Cl. The Hall–Kier alpha value is -1.27. The highest BCUT2D eigenvalue weighted by atomic mass is 35.5. The van der Waals surface area contributed by atoms with Gasteiger partial charge in [-0.1, -0.05) is 54.7 Å². The van der Waals surface area contributed by atoms with Gasteiger partial charge in [0.05, 0.1) is 22.3 Å². The molecule has 0 saturated carbocycles. The summed E-state index contributed by atoms with van der Waals surface area (Å²) in [6.07, 6.45) is 3.15. The van der Waals surface area contributed by atoms with Crippen LogP contribution in [0.1, 0.15) is 38.9 Å². The molecule has 8 heteroatoms. The summed E-state index contributed by atoms with van der Waals surface area (Å²) in [4.78, 5) is 19.8. The summed E-state index contributed by atoms with van der Waals surface area (Å²) < 4.78 is 7.00. The topological polar surface area (TPSA) is 47.4 Å². The van der Waals surface area contributed by atoms with E-state index in [1.54, 1.807) is 25.1 Å². The third kappa shape index (κ3) is 4.29. The molecule has 29 heavy (non-hydrogen) atoms. The number of ether oxygens (including phenoxy) is 1. The van der Waals surface area contributed by atoms with Crippen molar-refractivity contribution in [2.75, 3.05) is 31.2 Å². The van der Waals surface area contributed by atoms with E-state index in [2.05, 4.69) is 9.88 Å². The molecule has 2 fully saturated rings. The van der Waals surface area contributed by atoms with Gasteiger partial charge in [-0.3, -0.25) is 9.36 Å². The number of piperidine rings is 1. The minimum Gasteiger partial charge on any atom is -0.381 e. The van der Waals surface area contributed by atoms with Crippen molar-refractivity contribution in [2.45, 2.75) is 40.0 Å². The van der Waals surface area contributed by atoms with Crippen molar-refractivity contribution in [3.63, 3.8) is 0 Å². The molecule has 0 radical (unpaired) electrons. The molecule has 3 heterocycles. The maximum Gasteiger partial charge on any atom is 0.279 e. The lowest BCUT2D eigenvalue weighted by molar-refractivity contribution is 0.133. The van der Waals surface area contributed by atoms with Gasteiger partial charge >= 0.3 is 0 Å². The summed E-state index contributed by atoms with van der Waals surface area (Å²) in [6, 6.07) is 5.14. The van der Waals surface area contributed by atoms with E-state index in [0.29, 0.717) is 27.4 Å². The van der Waals surface area contributed by atoms with Crippen molar-refractivity contribution in [3.05, 3.63) is 49.4 Å². The number of aryl methyl sites for hydroxylation is 1. The van der Waals surface area contributed by atoms with Gasteiger partial charge in [-0.15, -0.1) is 0 Å². The third-order valence-electron chi connectivity index (χ3n) is 5.66. The molecule has 0 aliphatic carbocycles. The third-order valence-corrected chi connectivity index (χ3v) is 6.80. The molecule has 2 aromatic rings. The summed E-state index contributed by atoms with van der Waals surface area (Å²) in [5.74, 6) is 1.07. The quantitative estimate of drug-likeness (QED) is 0.593. The van der Waals surface area contributed by atoms with Crippen LogP contribution in [-0.4, -0.2) is 35.9 Å². The maximum atomic E-state index is 13.0. The van der Waals surface area contributed by atoms with Crippen molar-refractivity contribution in [3.8, 4) is 5.69 Å². The molecule has 1 aromatic heterocycles. The zero-order chi connectivity index (χ0) is 21.2. The smallest absolute Gasteiger partial charge is 0.279 e. The van der Waals surface area contributed by atoms with Crippen LogP contribution in [0.5, 0.6) is 0 Å². The summed E-state index contributed by atoms with van der Waals surface area (Å²) >= 11 is 18.9. The highest BCUT2D eigenvalue weighted by molar-refractivity contribution is 6.43. The second kappa shape index (κ2) is 9.25. The molecule has 158 valence electrons. The standard InChI is InChI=1S/C19H20Cl3N3O2.C2H6/c1-12-23-17(24-8-5-19(6-9-24)7-10-27-11-19)16(22)18(26)25(12)14-4-2-3-13(20)15(14)21;1-2/h2-4H,5-11H2,1H3;1-2H3. The van der Waals surface area contributed by atoms with Gasteiger partial charge in [-0.2, -0.15) is 0 Å². The second-order valence-corrected chi connectivity index (χ2v) is 8.46. The molecule has 1 aromatic carbocycles. The number of hydrogen-bond donors (Lipinski definition) is 0.